The zero-order chi connectivity index (χ0) is 22.2. The van der Waals surface area contributed by atoms with E-state index >= 15 is 4.39 Å². The minimum Gasteiger partial charge on any atom is -0.478 e. The molecular formula is C23H26FN3O3S. The number of allylic oxidation sites excluding steroid dienone is 1. The highest BCUT2D eigenvalue weighted by Crippen LogP contribution is 2.58. The maximum atomic E-state index is 15.7. The lowest BCUT2D eigenvalue weighted by Gasteiger charge is -2.47. The van der Waals surface area contributed by atoms with E-state index in [1.54, 1.807) is 0 Å². The summed E-state index contributed by atoms with van der Waals surface area (Å²) in [4.78, 5) is 32.1. The summed E-state index contributed by atoms with van der Waals surface area (Å²) in [6.45, 7) is 9.41. The van der Waals surface area contributed by atoms with Gasteiger partial charge in [0.1, 0.15) is 11.4 Å². The summed E-state index contributed by atoms with van der Waals surface area (Å²) in [5.41, 5.74) is 3.09. The lowest BCUT2D eigenvalue weighted by Crippen LogP contribution is -2.57. The summed E-state index contributed by atoms with van der Waals surface area (Å²) in [7, 11) is 1.92. The van der Waals surface area contributed by atoms with Gasteiger partial charge in [0.05, 0.1) is 11.4 Å². The number of carbonyl (C=O) groups is 2. The number of piperazine rings is 1. The fourth-order valence-corrected chi connectivity index (χ4v) is 7.06. The van der Waals surface area contributed by atoms with Crippen molar-refractivity contribution in [2.24, 2.45) is 0 Å². The van der Waals surface area contributed by atoms with Crippen molar-refractivity contribution in [1.29, 1.82) is 0 Å². The first-order chi connectivity index (χ1) is 14.7. The van der Waals surface area contributed by atoms with Crippen LogP contribution in [0.25, 0.3) is 0 Å². The zero-order valence-electron chi connectivity index (χ0n) is 18.1. The van der Waals surface area contributed by atoms with Gasteiger partial charge in [-0.1, -0.05) is 6.92 Å². The average Bonchev–Trinajstić information content (AvgIpc) is 3.10. The number of Topliss-reactive ketones (excluding diaryl/α,β-unsaturated/α-hetero) is 1. The molecular weight excluding hydrogens is 417 g/mol. The van der Waals surface area contributed by atoms with Crippen LogP contribution >= 0.6 is 11.8 Å². The minimum atomic E-state index is -1.24. The molecule has 0 bridgehead atoms. The second-order valence-electron chi connectivity index (χ2n) is 8.92. The normalized spacial score (nSPS) is 27.6. The van der Waals surface area contributed by atoms with Gasteiger partial charge in [0.25, 0.3) is 0 Å². The van der Waals surface area contributed by atoms with Gasteiger partial charge in [-0.25, -0.2) is 9.18 Å². The number of benzene rings is 1. The van der Waals surface area contributed by atoms with E-state index in [0.717, 1.165) is 23.4 Å². The molecule has 1 unspecified atom stereocenters. The third-order valence-corrected chi connectivity index (χ3v) is 8.16. The number of hydrogen-bond acceptors (Lipinski definition) is 6. The molecule has 164 valence electrons. The second-order valence-corrected chi connectivity index (χ2v) is 9.83. The molecule has 5 rings (SSSR count). The van der Waals surface area contributed by atoms with Crippen molar-refractivity contribution in [3.05, 3.63) is 44.5 Å². The molecule has 0 aromatic heterocycles. The Morgan fingerprint density at radius 2 is 1.94 bits per heavy atom. The minimum absolute atomic E-state index is 0.190. The highest BCUT2D eigenvalue weighted by Gasteiger charge is 2.47. The van der Waals surface area contributed by atoms with Crippen LogP contribution in [0.1, 0.15) is 42.6 Å². The Morgan fingerprint density at radius 3 is 2.55 bits per heavy atom. The van der Waals surface area contributed by atoms with Crippen molar-refractivity contribution < 1.29 is 19.1 Å². The summed E-state index contributed by atoms with van der Waals surface area (Å²) < 4.78 is 15.7. The molecule has 1 saturated heterocycles. The standard InChI is InChI=1S/C23H26FN3O3S/c1-5-27-11(2)7-26(8-12(27)3)19-15(24)6-14-17-16-13(9-25(4)20(17)19)10-31-22(16)18(21(14)28)23(29)30/h6,10-12,16H,5,7-9H2,1-4H3,(H,29,30)/t11-,12+,16?. The van der Waals surface area contributed by atoms with Gasteiger partial charge in [-0.2, -0.15) is 0 Å². The van der Waals surface area contributed by atoms with Crippen LogP contribution in [0.4, 0.5) is 15.8 Å². The van der Waals surface area contributed by atoms with Crippen LogP contribution in [-0.2, 0) is 4.79 Å². The van der Waals surface area contributed by atoms with Crippen molar-refractivity contribution in [2.75, 3.05) is 43.0 Å². The predicted octanol–water partition coefficient (Wildman–Crippen LogP) is 3.44. The molecule has 0 saturated carbocycles. The van der Waals surface area contributed by atoms with Crippen molar-refractivity contribution in [1.82, 2.24) is 4.90 Å². The van der Waals surface area contributed by atoms with E-state index in [9.17, 15) is 14.7 Å². The first-order valence-corrected chi connectivity index (χ1v) is 11.6. The fraction of sp³-hybridized carbons (Fsp3) is 0.478. The highest BCUT2D eigenvalue weighted by molar-refractivity contribution is 8.06. The Kier molecular flexibility index (Phi) is 4.71. The SMILES string of the molecule is CCN1[C@H](C)CN(c2c(F)cc3c4c2N(C)CC2=CSC(=C(C(=O)O)C3=O)C24)C[C@@H]1C. The van der Waals surface area contributed by atoms with Gasteiger partial charge in [-0.3, -0.25) is 9.69 Å². The number of carboxylic acid groups (broad SMARTS) is 1. The van der Waals surface area contributed by atoms with E-state index in [0.29, 0.717) is 30.2 Å². The van der Waals surface area contributed by atoms with Crippen LogP contribution in [0.2, 0.25) is 0 Å². The third kappa shape index (κ3) is 2.80. The quantitative estimate of drug-likeness (QED) is 0.718. The van der Waals surface area contributed by atoms with E-state index in [4.69, 9.17) is 0 Å². The molecule has 3 atom stereocenters. The lowest BCUT2D eigenvalue weighted by atomic mass is 9.75. The van der Waals surface area contributed by atoms with E-state index in [1.807, 2.05) is 17.4 Å². The molecule has 4 aliphatic rings. The monoisotopic (exact) mass is 443 g/mol. The van der Waals surface area contributed by atoms with Crippen LogP contribution in [0.5, 0.6) is 0 Å². The molecule has 6 nitrogen and oxygen atoms in total. The fourth-order valence-electron chi connectivity index (χ4n) is 5.86. The Hall–Kier alpha value is -2.32. The van der Waals surface area contributed by atoms with Crippen molar-refractivity contribution in [3.8, 4) is 0 Å². The Morgan fingerprint density at radius 1 is 1.26 bits per heavy atom. The molecule has 3 heterocycles. The van der Waals surface area contributed by atoms with Gasteiger partial charge in [0, 0.05) is 60.7 Å². The summed E-state index contributed by atoms with van der Waals surface area (Å²) >= 11 is 1.32. The van der Waals surface area contributed by atoms with E-state index < -0.39 is 17.6 Å². The number of nitrogens with zero attached hydrogens (tertiary/aromatic N) is 3. The van der Waals surface area contributed by atoms with Crippen molar-refractivity contribution in [2.45, 2.75) is 38.8 Å². The van der Waals surface area contributed by atoms with Gasteiger partial charge in [-0.15, -0.1) is 11.8 Å². The van der Waals surface area contributed by atoms with Crippen LogP contribution in [0.15, 0.2) is 27.5 Å². The maximum Gasteiger partial charge on any atom is 0.340 e. The number of thioether (sulfide) groups is 1. The maximum absolute atomic E-state index is 15.7. The molecule has 0 amide bonds. The number of carbonyl (C=O) groups excluding carboxylic acids is 1. The van der Waals surface area contributed by atoms with Gasteiger partial charge in [-0.05, 0) is 37.4 Å². The highest BCUT2D eigenvalue weighted by atomic mass is 32.2. The van der Waals surface area contributed by atoms with Crippen molar-refractivity contribution >= 4 is 34.9 Å². The van der Waals surface area contributed by atoms with E-state index in [2.05, 4.69) is 30.6 Å². The zero-order valence-corrected chi connectivity index (χ0v) is 18.9. The second kappa shape index (κ2) is 7.10. The van der Waals surface area contributed by atoms with Gasteiger partial charge < -0.3 is 14.9 Å². The molecule has 0 spiro atoms. The first kappa shape index (κ1) is 20.6. The molecule has 0 radical (unpaired) electrons. The van der Waals surface area contributed by atoms with Crippen LogP contribution in [0, 0.1) is 5.82 Å². The largest absolute Gasteiger partial charge is 0.478 e. The smallest absolute Gasteiger partial charge is 0.340 e. The van der Waals surface area contributed by atoms with E-state index in [1.165, 1.54) is 17.8 Å². The van der Waals surface area contributed by atoms with Crippen LogP contribution < -0.4 is 9.80 Å². The van der Waals surface area contributed by atoms with Crippen molar-refractivity contribution in [3.63, 3.8) is 0 Å². The third-order valence-electron chi connectivity index (χ3n) is 7.04. The van der Waals surface area contributed by atoms with Gasteiger partial charge in [0.2, 0.25) is 5.78 Å². The molecule has 1 aromatic rings. The number of carboxylic acids is 1. The van der Waals surface area contributed by atoms with E-state index in [-0.39, 0.29) is 29.1 Å². The molecule has 1 aromatic carbocycles. The molecule has 1 fully saturated rings. The van der Waals surface area contributed by atoms with Crippen LogP contribution in [0.3, 0.4) is 0 Å². The first-order valence-electron chi connectivity index (χ1n) is 10.7. The summed E-state index contributed by atoms with van der Waals surface area (Å²) in [6, 6.07) is 1.83. The summed E-state index contributed by atoms with van der Waals surface area (Å²) in [5, 5.41) is 11.7. The predicted molar refractivity (Wildman–Crippen MR) is 121 cm³/mol. The average molecular weight is 444 g/mol. The van der Waals surface area contributed by atoms with Crippen LogP contribution in [-0.4, -0.2) is 67.1 Å². The van der Waals surface area contributed by atoms with Gasteiger partial charge >= 0.3 is 5.97 Å². The lowest BCUT2D eigenvalue weighted by molar-refractivity contribution is -0.132. The topological polar surface area (TPSA) is 64.1 Å². The summed E-state index contributed by atoms with van der Waals surface area (Å²) in [5.74, 6) is -2.54. The molecule has 1 N–H and O–H groups in total. The number of halogens is 1. The molecule has 31 heavy (non-hydrogen) atoms. The number of aliphatic carboxylic acids is 1. The Balaban J connectivity index is 1.71. The molecule has 8 heteroatoms. The number of anilines is 2. The Bertz CT molecular complexity index is 1070. The molecule has 1 aliphatic carbocycles. The molecule has 3 aliphatic heterocycles. The summed E-state index contributed by atoms with van der Waals surface area (Å²) in [6.07, 6.45) is 0. The van der Waals surface area contributed by atoms with Gasteiger partial charge in [0.15, 0.2) is 0 Å². The number of ketones is 1. The Labute approximate surface area is 185 Å². The number of rotatable bonds is 3. The number of hydrogen-bond donors (Lipinski definition) is 1. The number of likely N-dealkylation sites (N-methyl/N-ethyl adjacent to an activating group) is 2.